The molecule has 0 aliphatic heterocycles. The molecule has 5 heteroatoms. The predicted molar refractivity (Wildman–Crippen MR) is 82.4 cm³/mol. The summed E-state index contributed by atoms with van der Waals surface area (Å²) in [4.78, 5) is 8.56. The van der Waals surface area contributed by atoms with Gasteiger partial charge >= 0.3 is 0 Å². The summed E-state index contributed by atoms with van der Waals surface area (Å²) >= 11 is 0. The van der Waals surface area contributed by atoms with Crippen molar-refractivity contribution in [2.24, 2.45) is 5.41 Å². The summed E-state index contributed by atoms with van der Waals surface area (Å²) < 4.78 is 5.46. The number of nitrogens with one attached hydrogen (secondary N) is 2. The Hall–Kier alpha value is -1.52. The largest absolute Gasteiger partial charge is 0.490 e. The van der Waals surface area contributed by atoms with Crippen molar-refractivity contribution in [1.29, 1.82) is 0 Å². The average Bonchev–Trinajstić information content (AvgIpc) is 2.42. The Kier molecular flexibility index (Phi) is 4.68. The Morgan fingerprint density at radius 1 is 1.25 bits per heavy atom. The molecule has 0 atom stereocenters. The SMILES string of the molecule is CCNc1ncnc(NC2CCC(C)(C)CC2)c1OC. The summed E-state index contributed by atoms with van der Waals surface area (Å²) in [6, 6.07) is 0.473. The third-order valence-corrected chi connectivity index (χ3v) is 4.03. The molecule has 0 bridgehead atoms. The fourth-order valence-corrected chi connectivity index (χ4v) is 2.70. The highest BCUT2D eigenvalue weighted by atomic mass is 16.5. The van der Waals surface area contributed by atoms with Crippen molar-refractivity contribution in [2.45, 2.75) is 52.5 Å². The molecule has 2 rings (SSSR count). The summed E-state index contributed by atoms with van der Waals surface area (Å²) in [5.41, 5.74) is 0.475. The van der Waals surface area contributed by atoms with Gasteiger partial charge in [-0.05, 0) is 38.0 Å². The topological polar surface area (TPSA) is 59.1 Å². The lowest BCUT2D eigenvalue weighted by Gasteiger charge is -2.35. The molecule has 0 unspecified atom stereocenters. The first-order chi connectivity index (χ1) is 9.55. The number of ether oxygens (including phenoxy) is 1. The van der Waals surface area contributed by atoms with Crippen LogP contribution in [0.25, 0.3) is 0 Å². The number of anilines is 2. The fraction of sp³-hybridized carbons (Fsp3) is 0.733. The molecule has 1 fully saturated rings. The molecular weight excluding hydrogens is 252 g/mol. The highest BCUT2D eigenvalue weighted by molar-refractivity contribution is 5.63. The van der Waals surface area contributed by atoms with Crippen LogP contribution in [-0.4, -0.2) is 29.7 Å². The summed E-state index contributed by atoms with van der Waals surface area (Å²) in [6.07, 6.45) is 6.43. The van der Waals surface area contributed by atoms with Crippen molar-refractivity contribution in [1.82, 2.24) is 9.97 Å². The molecule has 1 saturated carbocycles. The Morgan fingerprint density at radius 3 is 2.50 bits per heavy atom. The van der Waals surface area contributed by atoms with Gasteiger partial charge in [-0.15, -0.1) is 0 Å². The van der Waals surface area contributed by atoms with Crippen molar-refractivity contribution in [3.05, 3.63) is 6.33 Å². The average molecular weight is 278 g/mol. The lowest BCUT2D eigenvalue weighted by molar-refractivity contribution is 0.232. The minimum atomic E-state index is 0.473. The zero-order chi connectivity index (χ0) is 14.6. The highest BCUT2D eigenvalue weighted by Gasteiger charge is 2.27. The van der Waals surface area contributed by atoms with Crippen LogP contribution in [-0.2, 0) is 0 Å². The van der Waals surface area contributed by atoms with Crippen LogP contribution in [0.3, 0.4) is 0 Å². The van der Waals surface area contributed by atoms with E-state index in [0.717, 1.165) is 18.2 Å². The van der Waals surface area contributed by atoms with Crippen molar-refractivity contribution in [3.8, 4) is 5.75 Å². The second kappa shape index (κ2) is 6.29. The van der Waals surface area contributed by atoms with Gasteiger partial charge in [0.25, 0.3) is 0 Å². The third-order valence-electron chi connectivity index (χ3n) is 4.03. The Balaban J connectivity index is 2.07. The molecule has 0 aromatic carbocycles. The van der Waals surface area contributed by atoms with Gasteiger partial charge in [0.05, 0.1) is 7.11 Å². The van der Waals surface area contributed by atoms with Crippen molar-refractivity contribution in [2.75, 3.05) is 24.3 Å². The highest BCUT2D eigenvalue weighted by Crippen LogP contribution is 2.37. The van der Waals surface area contributed by atoms with Gasteiger partial charge < -0.3 is 15.4 Å². The number of nitrogens with zero attached hydrogens (tertiary/aromatic N) is 2. The molecule has 112 valence electrons. The smallest absolute Gasteiger partial charge is 0.204 e. The maximum Gasteiger partial charge on any atom is 0.204 e. The van der Waals surface area contributed by atoms with Crippen molar-refractivity contribution in [3.63, 3.8) is 0 Å². The van der Waals surface area contributed by atoms with E-state index in [9.17, 15) is 0 Å². The minimum Gasteiger partial charge on any atom is -0.490 e. The van der Waals surface area contributed by atoms with Crippen LogP contribution in [0.1, 0.15) is 46.5 Å². The van der Waals surface area contributed by atoms with Crippen LogP contribution in [0.15, 0.2) is 6.33 Å². The van der Waals surface area contributed by atoms with Gasteiger partial charge in [-0.3, -0.25) is 0 Å². The Bertz CT molecular complexity index is 437. The third kappa shape index (κ3) is 3.52. The molecule has 1 aromatic heterocycles. The van der Waals surface area contributed by atoms with Gasteiger partial charge in [0.1, 0.15) is 6.33 Å². The summed E-state index contributed by atoms with van der Waals surface area (Å²) in [7, 11) is 1.66. The van der Waals surface area contributed by atoms with Gasteiger partial charge in [0.2, 0.25) is 5.75 Å². The van der Waals surface area contributed by atoms with Crippen LogP contribution in [0.5, 0.6) is 5.75 Å². The molecule has 2 N–H and O–H groups in total. The maximum atomic E-state index is 5.46. The van der Waals surface area contributed by atoms with Gasteiger partial charge in [-0.1, -0.05) is 13.8 Å². The Labute approximate surface area is 121 Å². The summed E-state index contributed by atoms with van der Waals surface area (Å²) in [5.74, 6) is 2.26. The van der Waals surface area contributed by atoms with Crippen LogP contribution >= 0.6 is 0 Å². The van der Waals surface area contributed by atoms with E-state index < -0.39 is 0 Å². The first-order valence-electron chi connectivity index (χ1n) is 7.45. The fourth-order valence-electron chi connectivity index (χ4n) is 2.70. The van der Waals surface area contributed by atoms with Gasteiger partial charge in [-0.25, -0.2) is 9.97 Å². The molecule has 0 spiro atoms. The molecule has 20 heavy (non-hydrogen) atoms. The van der Waals surface area contributed by atoms with Crippen molar-refractivity contribution < 1.29 is 4.74 Å². The van der Waals surface area contributed by atoms with E-state index >= 15 is 0 Å². The van der Waals surface area contributed by atoms with E-state index in [1.54, 1.807) is 13.4 Å². The van der Waals surface area contributed by atoms with Crippen LogP contribution in [0.4, 0.5) is 11.6 Å². The Morgan fingerprint density at radius 2 is 1.90 bits per heavy atom. The normalized spacial score (nSPS) is 18.6. The lowest BCUT2D eigenvalue weighted by Crippen LogP contribution is -2.30. The molecule has 1 heterocycles. The van der Waals surface area contributed by atoms with E-state index in [-0.39, 0.29) is 0 Å². The van der Waals surface area contributed by atoms with E-state index in [1.165, 1.54) is 25.7 Å². The number of hydrogen-bond acceptors (Lipinski definition) is 5. The first kappa shape index (κ1) is 14.9. The van der Waals surface area contributed by atoms with E-state index in [1.807, 2.05) is 6.92 Å². The molecular formula is C15H26N4O. The molecule has 0 amide bonds. The number of methoxy groups -OCH3 is 1. The standard InChI is InChI=1S/C15H26N4O/c1-5-16-13-12(20-4)14(18-10-17-13)19-11-6-8-15(2,3)9-7-11/h10-11H,5-9H2,1-4H3,(H2,16,17,18,19). The molecule has 1 aliphatic rings. The van der Waals surface area contributed by atoms with E-state index in [0.29, 0.717) is 17.2 Å². The summed E-state index contributed by atoms with van der Waals surface area (Å²) in [5, 5.41) is 6.72. The van der Waals surface area contributed by atoms with E-state index in [4.69, 9.17) is 4.74 Å². The molecule has 1 aromatic rings. The predicted octanol–water partition coefficient (Wildman–Crippen LogP) is 3.30. The summed E-state index contributed by atoms with van der Waals surface area (Å²) in [6.45, 7) is 7.54. The van der Waals surface area contributed by atoms with Gasteiger partial charge in [0, 0.05) is 12.6 Å². The maximum absolute atomic E-state index is 5.46. The zero-order valence-electron chi connectivity index (χ0n) is 13.0. The number of hydrogen-bond donors (Lipinski definition) is 2. The minimum absolute atomic E-state index is 0.473. The molecule has 1 aliphatic carbocycles. The van der Waals surface area contributed by atoms with E-state index in [2.05, 4.69) is 34.4 Å². The molecule has 5 nitrogen and oxygen atoms in total. The quantitative estimate of drug-likeness (QED) is 0.865. The molecule has 0 saturated heterocycles. The number of rotatable bonds is 5. The monoisotopic (exact) mass is 278 g/mol. The zero-order valence-corrected chi connectivity index (χ0v) is 13.0. The van der Waals surface area contributed by atoms with Gasteiger partial charge in [0.15, 0.2) is 11.6 Å². The second-order valence-corrected chi connectivity index (χ2v) is 6.22. The van der Waals surface area contributed by atoms with Crippen LogP contribution in [0.2, 0.25) is 0 Å². The lowest BCUT2D eigenvalue weighted by atomic mass is 9.75. The van der Waals surface area contributed by atoms with Crippen LogP contribution in [0, 0.1) is 5.41 Å². The van der Waals surface area contributed by atoms with Gasteiger partial charge in [-0.2, -0.15) is 0 Å². The second-order valence-electron chi connectivity index (χ2n) is 6.22. The van der Waals surface area contributed by atoms with Crippen molar-refractivity contribution >= 4 is 11.6 Å². The first-order valence-corrected chi connectivity index (χ1v) is 7.45. The molecule has 0 radical (unpaired) electrons. The number of aromatic nitrogens is 2. The van der Waals surface area contributed by atoms with Crippen LogP contribution < -0.4 is 15.4 Å².